The monoisotopic (exact) mass is 396 g/mol. The molecular weight excluding hydrogens is 372 g/mol. The highest BCUT2D eigenvalue weighted by Crippen LogP contribution is 2.10. The van der Waals surface area contributed by atoms with Crippen molar-refractivity contribution in [3.63, 3.8) is 0 Å². The van der Waals surface area contributed by atoms with E-state index in [1.165, 1.54) is 11.1 Å². The molecule has 1 aromatic heterocycles. The zero-order valence-electron chi connectivity index (χ0n) is 15.7. The first-order valence-corrected chi connectivity index (χ1v) is 9.80. The molecule has 3 aromatic rings. The molecule has 28 heavy (non-hydrogen) atoms. The summed E-state index contributed by atoms with van der Waals surface area (Å²) in [6, 6.07) is 17.3. The second kappa shape index (κ2) is 10.1. The fourth-order valence-corrected chi connectivity index (χ4v) is 3.12. The summed E-state index contributed by atoms with van der Waals surface area (Å²) in [5.41, 5.74) is 9.27. The Hall–Kier alpha value is -2.63. The third-order valence-corrected chi connectivity index (χ3v) is 4.77. The summed E-state index contributed by atoms with van der Waals surface area (Å²) in [7, 11) is 0. The number of nitrogens with two attached hydrogens (primary N) is 1. The van der Waals surface area contributed by atoms with Crippen molar-refractivity contribution < 1.29 is 4.79 Å². The van der Waals surface area contributed by atoms with Crippen LogP contribution in [0.2, 0.25) is 5.02 Å². The van der Waals surface area contributed by atoms with Gasteiger partial charge in [-0.3, -0.25) is 4.79 Å². The molecule has 1 heterocycles. The molecule has 1 atom stereocenters. The maximum atomic E-state index is 12.2. The molecule has 0 radical (unpaired) electrons. The topological polar surface area (TPSA) is 72.9 Å². The number of hydrogen-bond acceptors (Lipinski definition) is 3. The zero-order valence-corrected chi connectivity index (χ0v) is 16.5. The second-order valence-corrected chi connectivity index (χ2v) is 7.29. The molecule has 2 aromatic carbocycles. The molecule has 1 amide bonds. The Kier molecular flexibility index (Phi) is 7.23. The minimum absolute atomic E-state index is 0.145. The number of imidazole rings is 1. The van der Waals surface area contributed by atoms with Gasteiger partial charge < -0.3 is 15.6 Å². The fraction of sp³-hybridized carbons (Fsp3) is 0.273. The van der Waals surface area contributed by atoms with Crippen molar-refractivity contribution in [2.45, 2.75) is 31.8 Å². The molecule has 0 fully saturated rings. The van der Waals surface area contributed by atoms with Crippen LogP contribution in [0.1, 0.15) is 23.2 Å². The van der Waals surface area contributed by atoms with Crippen LogP contribution in [0, 0.1) is 0 Å². The Morgan fingerprint density at radius 3 is 2.61 bits per heavy atom. The lowest BCUT2D eigenvalue weighted by Crippen LogP contribution is -2.42. The van der Waals surface area contributed by atoms with Crippen LogP contribution in [0.3, 0.4) is 0 Å². The van der Waals surface area contributed by atoms with Gasteiger partial charge in [-0.05, 0) is 36.1 Å². The van der Waals surface area contributed by atoms with E-state index in [1.807, 2.05) is 53.2 Å². The molecule has 0 bridgehead atoms. The maximum absolute atomic E-state index is 12.2. The van der Waals surface area contributed by atoms with E-state index >= 15 is 0 Å². The van der Waals surface area contributed by atoms with Crippen molar-refractivity contribution >= 4 is 17.5 Å². The molecule has 0 aliphatic carbocycles. The summed E-state index contributed by atoms with van der Waals surface area (Å²) in [6.45, 7) is 1.34. The van der Waals surface area contributed by atoms with E-state index in [-0.39, 0.29) is 5.91 Å². The highest BCUT2D eigenvalue weighted by Gasteiger charge is 2.15. The summed E-state index contributed by atoms with van der Waals surface area (Å²) < 4.78 is 2.00. The molecule has 3 rings (SSSR count). The van der Waals surface area contributed by atoms with Crippen LogP contribution in [-0.2, 0) is 24.2 Å². The Morgan fingerprint density at radius 2 is 1.86 bits per heavy atom. The van der Waals surface area contributed by atoms with E-state index in [4.69, 9.17) is 17.3 Å². The van der Waals surface area contributed by atoms with Gasteiger partial charge in [0.05, 0.1) is 18.1 Å². The van der Waals surface area contributed by atoms with Crippen molar-refractivity contribution in [2.75, 3.05) is 6.54 Å². The quantitative estimate of drug-likeness (QED) is 0.545. The van der Waals surface area contributed by atoms with Gasteiger partial charge in [0.2, 0.25) is 5.91 Å². The van der Waals surface area contributed by atoms with Gasteiger partial charge in [0.1, 0.15) is 0 Å². The number of amides is 1. The van der Waals surface area contributed by atoms with E-state index in [2.05, 4.69) is 22.4 Å². The molecule has 146 valence electrons. The Morgan fingerprint density at radius 1 is 1.11 bits per heavy atom. The molecule has 0 spiro atoms. The van der Waals surface area contributed by atoms with Gasteiger partial charge in [-0.15, -0.1) is 0 Å². The average Bonchev–Trinajstić information content (AvgIpc) is 3.14. The number of hydrogen-bond donors (Lipinski definition) is 2. The number of carbonyl (C=O) groups excluding carboxylic acids is 1. The Bertz CT molecular complexity index is 877. The van der Waals surface area contributed by atoms with E-state index in [0.29, 0.717) is 13.0 Å². The van der Waals surface area contributed by atoms with Gasteiger partial charge >= 0.3 is 0 Å². The lowest BCUT2D eigenvalue weighted by atomic mass is 10.1. The summed E-state index contributed by atoms with van der Waals surface area (Å²) in [5.74, 6) is -0.145. The van der Waals surface area contributed by atoms with E-state index < -0.39 is 6.04 Å². The first kappa shape index (κ1) is 20.1. The minimum atomic E-state index is -0.601. The van der Waals surface area contributed by atoms with Gasteiger partial charge in [-0.25, -0.2) is 4.98 Å². The number of carbonyl (C=O) groups is 1. The number of nitrogens with zero attached hydrogens (tertiary/aromatic N) is 2. The number of rotatable bonds is 9. The van der Waals surface area contributed by atoms with Crippen molar-refractivity contribution in [1.82, 2.24) is 14.9 Å². The van der Waals surface area contributed by atoms with Gasteiger partial charge in [0.15, 0.2) is 0 Å². The molecule has 0 saturated heterocycles. The highest BCUT2D eigenvalue weighted by molar-refractivity contribution is 6.30. The standard InChI is InChI=1S/C22H25ClN4O/c23-19-10-8-17(9-11-19)7-4-12-25-22(28)21(24)13-20-15-27(16-26-20)14-18-5-2-1-3-6-18/h1-3,5-6,8-11,15-16,21H,4,7,12-14,24H2,(H,25,28)/t21-/m0/s1. The van der Waals surface area contributed by atoms with Gasteiger partial charge in [0, 0.05) is 30.7 Å². The molecule has 0 aliphatic heterocycles. The van der Waals surface area contributed by atoms with E-state index in [1.54, 1.807) is 6.33 Å². The Balaban J connectivity index is 1.39. The Labute approximate surface area is 170 Å². The molecule has 5 nitrogen and oxygen atoms in total. The summed E-state index contributed by atoms with van der Waals surface area (Å²) in [6.07, 6.45) is 5.88. The van der Waals surface area contributed by atoms with Crippen LogP contribution in [0.5, 0.6) is 0 Å². The predicted octanol–water partition coefficient (Wildman–Crippen LogP) is 3.20. The smallest absolute Gasteiger partial charge is 0.237 e. The largest absolute Gasteiger partial charge is 0.355 e. The molecular formula is C22H25ClN4O. The van der Waals surface area contributed by atoms with Crippen LogP contribution < -0.4 is 11.1 Å². The summed E-state index contributed by atoms with van der Waals surface area (Å²) >= 11 is 5.88. The van der Waals surface area contributed by atoms with Gasteiger partial charge in [0.25, 0.3) is 0 Å². The average molecular weight is 397 g/mol. The van der Waals surface area contributed by atoms with Crippen molar-refractivity contribution in [3.05, 3.63) is 89.0 Å². The van der Waals surface area contributed by atoms with Gasteiger partial charge in [-0.2, -0.15) is 0 Å². The molecule has 0 unspecified atom stereocenters. The first-order chi connectivity index (χ1) is 13.6. The highest BCUT2D eigenvalue weighted by atomic mass is 35.5. The number of aryl methyl sites for hydroxylation is 1. The second-order valence-electron chi connectivity index (χ2n) is 6.85. The molecule has 0 aliphatic rings. The van der Waals surface area contributed by atoms with Gasteiger partial charge in [-0.1, -0.05) is 54.1 Å². The number of nitrogens with one attached hydrogen (secondary N) is 1. The lowest BCUT2D eigenvalue weighted by molar-refractivity contribution is -0.122. The fourth-order valence-electron chi connectivity index (χ4n) is 3.00. The van der Waals surface area contributed by atoms with Crippen LogP contribution in [0.15, 0.2) is 67.1 Å². The van der Waals surface area contributed by atoms with E-state index in [0.717, 1.165) is 30.1 Å². The van der Waals surface area contributed by atoms with Crippen LogP contribution >= 0.6 is 11.6 Å². The van der Waals surface area contributed by atoms with Crippen molar-refractivity contribution in [2.24, 2.45) is 5.73 Å². The zero-order chi connectivity index (χ0) is 19.8. The molecule has 3 N–H and O–H groups in total. The number of aromatic nitrogens is 2. The van der Waals surface area contributed by atoms with Crippen LogP contribution in [-0.4, -0.2) is 28.0 Å². The summed E-state index contributed by atoms with van der Waals surface area (Å²) in [5, 5.41) is 3.64. The summed E-state index contributed by atoms with van der Waals surface area (Å²) in [4.78, 5) is 16.6. The van der Waals surface area contributed by atoms with Crippen molar-refractivity contribution in [1.29, 1.82) is 0 Å². The third kappa shape index (κ3) is 6.22. The normalized spacial score (nSPS) is 11.9. The molecule has 0 saturated carbocycles. The van der Waals surface area contributed by atoms with Crippen molar-refractivity contribution in [3.8, 4) is 0 Å². The van der Waals surface area contributed by atoms with E-state index in [9.17, 15) is 4.79 Å². The first-order valence-electron chi connectivity index (χ1n) is 9.42. The maximum Gasteiger partial charge on any atom is 0.237 e. The molecule has 6 heteroatoms. The van der Waals surface area contributed by atoms with Crippen LogP contribution in [0.25, 0.3) is 0 Å². The predicted molar refractivity (Wildman–Crippen MR) is 112 cm³/mol. The SMILES string of the molecule is N[C@@H](Cc1cn(Cc2ccccc2)cn1)C(=O)NCCCc1ccc(Cl)cc1. The lowest BCUT2D eigenvalue weighted by Gasteiger charge is -2.11. The minimum Gasteiger partial charge on any atom is -0.355 e. The third-order valence-electron chi connectivity index (χ3n) is 4.52. The van der Waals surface area contributed by atoms with Crippen LogP contribution in [0.4, 0.5) is 0 Å². The number of benzene rings is 2. The number of halogens is 1.